The Kier molecular flexibility index (Phi) is 6.20. The Morgan fingerprint density at radius 1 is 1.00 bits per heavy atom. The molecular weight excluding hydrogens is 502 g/mol. The van der Waals surface area contributed by atoms with Gasteiger partial charge in [0.15, 0.2) is 24.1 Å². The second kappa shape index (κ2) is 9.31. The molecule has 0 atom stereocenters. The molecule has 0 fully saturated rings. The van der Waals surface area contributed by atoms with Gasteiger partial charge in [0.2, 0.25) is 5.71 Å². The first kappa shape index (κ1) is 23.3. The first-order valence-corrected chi connectivity index (χ1v) is 12.4. The van der Waals surface area contributed by atoms with Crippen LogP contribution in [0.15, 0.2) is 94.0 Å². The Bertz CT molecular complexity index is 1460. The standard InChI is InChI=1S/C30H27BrNO3/c1-30(2,3)32-16-15-23(32)19-34-24-12-9-21(10-13-24)29(33)28-25-18-22(31)11-14-26(25)35-27(28)17-20-7-5-4-6-8-20/h4-16,18H,17,19H2,1-3H3/q+1. The van der Waals surface area contributed by atoms with Crippen LogP contribution >= 0.6 is 15.9 Å². The van der Waals surface area contributed by atoms with Crippen molar-refractivity contribution in [2.45, 2.75) is 32.7 Å². The van der Waals surface area contributed by atoms with Crippen molar-refractivity contribution in [3.8, 4) is 5.75 Å². The molecule has 4 aromatic rings. The molecule has 0 spiro atoms. The largest absolute Gasteiger partial charge is 0.483 e. The lowest BCUT2D eigenvalue weighted by atomic mass is 9.97. The summed E-state index contributed by atoms with van der Waals surface area (Å²) in [7, 11) is 0. The lowest BCUT2D eigenvalue weighted by molar-refractivity contribution is -0.544. The van der Waals surface area contributed by atoms with Crippen molar-refractivity contribution in [1.82, 2.24) is 0 Å². The van der Waals surface area contributed by atoms with E-state index in [1.165, 1.54) is 0 Å². The molecule has 0 bridgehead atoms. The number of hydrogen-bond acceptors (Lipinski definition) is 3. The van der Waals surface area contributed by atoms with Gasteiger partial charge in [-0.05, 0) is 48.0 Å². The number of halogens is 1. The van der Waals surface area contributed by atoms with Crippen molar-refractivity contribution in [1.29, 1.82) is 0 Å². The zero-order valence-electron chi connectivity index (χ0n) is 20.0. The molecule has 0 saturated carbocycles. The summed E-state index contributed by atoms with van der Waals surface area (Å²) in [6, 6.07) is 23.2. The van der Waals surface area contributed by atoms with Crippen LogP contribution in [-0.4, -0.2) is 28.2 Å². The van der Waals surface area contributed by atoms with Crippen molar-refractivity contribution < 1.29 is 18.5 Å². The van der Waals surface area contributed by atoms with Gasteiger partial charge in [0.25, 0.3) is 0 Å². The summed E-state index contributed by atoms with van der Waals surface area (Å²) >= 11 is 3.53. The molecule has 0 N–H and O–H groups in total. The second-order valence-electron chi connectivity index (χ2n) is 9.69. The van der Waals surface area contributed by atoms with Gasteiger partial charge in [-0.2, -0.15) is 4.58 Å². The van der Waals surface area contributed by atoms with E-state index in [1.54, 1.807) is 0 Å². The zero-order valence-corrected chi connectivity index (χ0v) is 21.6. The molecule has 0 amide bonds. The minimum Gasteiger partial charge on any atom is -0.483 e. The van der Waals surface area contributed by atoms with Crippen LogP contribution in [0.1, 0.15) is 48.0 Å². The number of ketones is 1. The third-order valence-corrected chi connectivity index (χ3v) is 6.60. The predicted octanol–water partition coefficient (Wildman–Crippen LogP) is 7.18. The van der Waals surface area contributed by atoms with Crippen LogP contribution in [-0.2, 0) is 6.42 Å². The van der Waals surface area contributed by atoms with Crippen LogP contribution in [0.4, 0.5) is 0 Å². The summed E-state index contributed by atoms with van der Waals surface area (Å²) in [4.78, 5) is 13.7. The summed E-state index contributed by atoms with van der Waals surface area (Å²) in [5, 5.41) is 0.811. The molecular formula is C30H27BrNO3+. The molecule has 0 radical (unpaired) electrons. The lowest BCUT2D eigenvalue weighted by Gasteiger charge is -2.21. The molecule has 3 aromatic carbocycles. The highest BCUT2D eigenvalue weighted by atomic mass is 79.9. The molecule has 35 heavy (non-hydrogen) atoms. The van der Waals surface area contributed by atoms with Crippen LogP contribution in [0, 0.1) is 0 Å². The Balaban J connectivity index is 1.41. The van der Waals surface area contributed by atoms with Crippen molar-refractivity contribution >= 4 is 38.4 Å². The number of carbonyl (C=O) groups is 1. The molecule has 0 unspecified atom stereocenters. The summed E-state index contributed by atoms with van der Waals surface area (Å²) in [6.45, 7) is 6.99. The van der Waals surface area contributed by atoms with E-state index in [0.29, 0.717) is 35.5 Å². The average Bonchev–Trinajstić information content (AvgIpc) is 3.14. The highest BCUT2D eigenvalue weighted by Gasteiger charge is 2.31. The highest BCUT2D eigenvalue weighted by Crippen LogP contribution is 2.32. The van der Waals surface area contributed by atoms with Crippen LogP contribution in [0.5, 0.6) is 5.75 Å². The number of benzene rings is 3. The Labute approximate surface area is 213 Å². The van der Waals surface area contributed by atoms with E-state index < -0.39 is 0 Å². The minimum atomic E-state index is -0.0606. The van der Waals surface area contributed by atoms with Crippen LogP contribution in [0.25, 0.3) is 11.0 Å². The maximum Gasteiger partial charge on any atom is 0.225 e. The third-order valence-electron chi connectivity index (χ3n) is 6.11. The van der Waals surface area contributed by atoms with Gasteiger partial charge >= 0.3 is 0 Å². The van der Waals surface area contributed by atoms with E-state index in [0.717, 1.165) is 26.9 Å². The van der Waals surface area contributed by atoms with Gasteiger partial charge in [0, 0.05) is 42.6 Å². The van der Waals surface area contributed by atoms with Crippen molar-refractivity contribution in [2.24, 2.45) is 0 Å². The van der Waals surface area contributed by atoms with Gasteiger partial charge in [0.05, 0.1) is 11.6 Å². The zero-order chi connectivity index (χ0) is 24.6. The van der Waals surface area contributed by atoms with Crippen molar-refractivity contribution in [3.63, 3.8) is 0 Å². The maximum absolute atomic E-state index is 13.7. The van der Waals surface area contributed by atoms with Crippen molar-refractivity contribution in [3.05, 3.63) is 112 Å². The maximum atomic E-state index is 13.7. The summed E-state index contributed by atoms with van der Waals surface area (Å²) in [5.74, 6) is 1.34. The summed E-state index contributed by atoms with van der Waals surface area (Å²) < 4.78 is 15.3. The molecule has 0 aliphatic carbocycles. The van der Waals surface area contributed by atoms with Gasteiger partial charge in [-0.15, -0.1) is 0 Å². The monoisotopic (exact) mass is 528 g/mol. The van der Waals surface area contributed by atoms with E-state index >= 15 is 0 Å². The second-order valence-corrected chi connectivity index (χ2v) is 10.6. The van der Waals surface area contributed by atoms with Crippen LogP contribution in [0.2, 0.25) is 0 Å². The first-order valence-electron chi connectivity index (χ1n) is 11.7. The molecule has 5 heteroatoms. The van der Waals surface area contributed by atoms with Gasteiger partial charge < -0.3 is 9.15 Å². The summed E-state index contributed by atoms with van der Waals surface area (Å²) in [6.07, 6.45) is 4.69. The fourth-order valence-corrected chi connectivity index (χ4v) is 4.67. The third kappa shape index (κ3) is 4.87. The average molecular weight is 529 g/mol. The number of ether oxygens (including phenoxy) is 1. The highest BCUT2D eigenvalue weighted by molar-refractivity contribution is 9.10. The fraction of sp³-hybridized carbons (Fsp3) is 0.200. The number of nitrogens with zero attached hydrogens (tertiary/aromatic N) is 1. The SMILES string of the molecule is CC(C)(C)[N+]1=C(COc2ccc(C(=O)c3c(Cc4ccccc4)oc4ccc(Br)cc34)cc2)C=C1. The van der Waals surface area contributed by atoms with E-state index in [-0.39, 0.29) is 11.3 Å². The number of furan rings is 1. The lowest BCUT2D eigenvalue weighted by Crippen LogP contribution is -2.40. The quantitative estimate of drug-likeness (QED) is 0.188. The first-order chi connectivity index (χ1) is 16.8. The molecule has 1 aliphatic heterocycles. The van der Waals surface area contributed by atoms with Crippen molar-refractivity contribution in [2.75, 3.05) is 6.61 Å². The van der Waals surface area contributed by atoms with E-state index in [4.69, 9.17) is 9.15 Å². The van der Waals surface area contributed by atoms with Gasteiger partial charge in [-0.3, -0.25) is 4.79 Å². The van der Waals surface area contributed by atoms with Gasteiger partial charge in [0.1, 0.15) is 17.1 Å². The number of fused-ring (bicyclic) bond motifs is 1. The Hall–Kier alpha value is -3.44. The number of carbonyl (C=O) groups excluding carboxylic acids is 1. The van der Waals surface area contributed by atoms with Crippen LogP contribution in [0.3, 0.4) is 0 Å². The number of hydrogen-bond donors (Lipinski definition) is 0. The molecule has 0 saturated heterocycles. The van der Waals surface area contributed by atoms with Gasteiger partial charge in [-0.25, -0.2) is 0 Å². The predicted molar refractivity (Wildman–Crippen MR) is 143 cm³/mol. The molecule has 4 nitrogen and oxygen atoms in total. The molecule has 5 rings (SSSR count). The van der Waals surface area contributed by atoms with E-state index in [1.807, 2.05) is 72.8 Å². The van der Waals surface area contributed by atoms with E-state index in [2.05, 4.69) is 53.6 Å². The molecule has 176 valence electrons. The van der Waals surface area contributed by atoms with Gasteiger partial charge in [-0.1, -0.05) is 46.3 Å². The smallest absolute Gasteiger partial charge is 0.225 e. The Morgan fingerprint density at radius 2 is 1.74 bits per heavy atom. The molecule has 2 heterocycles. The minimum absolute atomic E-state index is 0.0313. The fourth-order valence-electron chi connectivity index (χ4n) is 4.31. The topological polar surface area (TPSA) is 42.5 Å². The van der Waals surface area contributed by atoms with E-state index in [9.17, 15) is 4.79 Å². The number of rotatable bonds is 7. The normalized spacial score (nSPS) is 13.3. The summed E-state index contributed by atoms with van der Waals surface area (Å²) in [5.41, 5.74) is 4.17. The van der Waals surface area contributed by atoms with Crippen LogP contribution < -0.4 is 4.74 Å². The molecule has 1 aromatic heterocycles. The molecule has 1 aliphatic rings. The Morgan fingerprint density at radius 3 is 2.40 bits per heavy atom.